The molecule has 0 saturated heterocycles. The molecule has 0 fully saturated rings. The zero-order chi connectivity index (χ0) is 21.8. The molecule has 3 aromatic rings. The first-order chi connectivity index (χ1) is 15.0. The topological polar surface area (TPSA) is 113 Å². The maximum Gasteiger partial charge on any atom is 0.363 e. The summed E-state index contributed by atoms with van der Waals surface area (Å²) >= 11 is 0. The first-order valence-corrected chi connectivity index (χ1v) is 9.14. The summed E-state index contributed by atoms with van der Waals surface area (Å²) in [6, 6.07) is 14.6. The number of esters is 1. The van der Waals surface area contributed by atoms with E-state index in [9.17, 15) is 14.9 Å². The summed E-state index contributed by atoms with van der Waals surface area (Å²) in [6.07, 6.45) is 3.02. The van der Waals surface area contributed by atoms with Gasteiger partial charge < -0.3 is 18.6 Å². The van der Waals surface area contributed by atoms with E-state index in [2.05, 4.69) is 4.99 Å². The zero-order valence-electron chi connectivity index (χ0n) is 16.3. The van der Waals surface area contributed by atoms with Gasteiger partial charge in [-0.25, -0.2) is 9.79 Å². The molecule has 1 aliphatic rings. The largest absolute Gasteiger partial charge is 0.493 e. The van der Waals surface area contributed by atoms with Crippen molar-refractivity contribution in [2.45, 2.75) is 6.61 Å². The number of furan rings is 1. The Kier molecular flexibility index (Phi) is 5.48. The van der Waals surface area contributed by atoms with Crippen molar-refractivity contribution in [3.8, 4) is 11.5 Å². The molecule has 2 heterocycles. The SMILES string of the molecule is COc1cc(/C=C2\N=C(c3ccco3)OC2=O)ccc1OCc1cccc([N+](=O)[O-])c1. The zero-order valence-corrected chi connectivity index (χ0v) is 16.3. The van der Waals surface area contributed by atoms with Crippen LogP contribution in [0.4, 0.5) is 5.69 Å². The van der Waals surface area contributed by atoms with Crippen LogP contribution in [0.1, 0.15) is 16.9 Å². The highest BCUT2D eigenvalue weighted by Crippen LogP contribution is 2.30. The second kappa shape index (κ2) is 8.54. The monoisotopic (exact) mass is 420 g/mol. The predicted octanol–water partition coefficient (Wildman–Crippen LogP) is 4.12. The van der Waals surface area contributed by atoms with Gasteiger partial charge in [-0.05, 0) is 41.5 Å². The molecular formula is C22H16N2O7. The number of nitro groups is 1. The fourth-order valence-corrected chi connectivity index (χ4v) is 2.89. The Balaban J connectivity index is 1.52. The van der Waals surface area contributed by atoms with Crippen molar-refractivity contribution < 1.29 is 28.3 Å². The lowest BCUT2D eigenvalue weighted by molar-refractivity contribution is -0.384. The predicted molar refractivity (Wildman–Crippen MR) is 110 cm³/mol. The number of non-ortho nitro benzene ring substituents is 1. The number of nitrogens with zero attached hydrogens (tertiary/aromatic N) is 2. The molecule has 0 spiro atoms. The highest BCUT2D eigenvalue weighted by Gasteiger charge is 2.25. The van der Waals surface area contributed by atoms with Crippen molar-refractivity contribution in [3.63, 3.8) is 0 Å². The molecule has 2 aromatic carbocycles. The number of carbonyl (C=O) groups is 1. The first-order valence-electron chi connectivity index (χ1n) is 9.14. The van der Waals surface area contributed by atoms with Crippen molar-refractivity contribution in [2.24, 2.45) is 4.99 Å². The third-order valence-corrected chi connectivity index (χ3v) is 4.36. The lowest BCUT2D eigenvalue weighted by Gasteiger charge is -2.11. The molecule has 0 aliphatic carbocycles. The van der Waals surface area contributed by atoms with Crippen LogP contribution in [0.5, 0.6) is 11.5 Å². The molecule has 0 unspecified atom stereocenters. The minimum Gasteiger partial charge on any atom is -0.493 e. The van der Waals surface area contributed by atoms with Gasteiger partial charge in [0, 0.05) is 12.1 Å². The second-order valence-electron chi connectivity index (χ2n) is 6.44. The molecule has 0 amide bonds. The Morgan fingerprint density at radius 1 is 1.13 bits per heavy atom. The molecule has 31 heavy (non-hydrogen) atoms. The smallest absolute Gasteiger partial charge is 0.363 e. The normalized spacial score (nSPS) is 14.3. The average molecular weight is 420 g/mol. The third-order valence-electron chi connectivity index (χ3n) is 4.36. The van der Waals surface area contributed by atoms with Crippen molar-refractivity contribution >= 4 is 23.6 Å². The van der Waals surface area contributed by atoms with Gasteiger partial charge in [0.05, 0.1) is 18.3 Å². The van der Waals surface area contributed by atoms with Crippen LogP contribution < -0.4 is 9.47 Å². The molecule has 9 heteroatoms. The summed E-state index contributed by atoms with van der Waals surface area (Å²) in [6.45, 7) is 0.127. The fraction of sp³-hybridized carbons (Fsp3) is 0.0909. The molecule has 1 aliphatic heterocycles. The Labute approximate surface area is 176 Å². The van der Waals surface area contributed by atoms with Crippen LogP contribution in [-0.4, -0.2) is 23.9 Å². The van der Waals surface area contributed by atoms with Gasteiger partial charge >= 0.3 is 5.97 Å². The van der Waals surface area contributed by atoms with Crippen molar-refractivity contribution in [2.75, 3.05) is 7.11 Å². The summed E-state index contributed by atoms with van der Waals surface area (Å²) in [5, 5.41) is 10.9. The van der Waals surface area contributed by atoms with E-state index in [0.717, 1.165) is 0 Å². The van der Waals surface area contributed by atoms with Gasteiger partial charge in [-0.2, -0.15) is 0 Å². The Hall–Kier alpha value is -4.40. The number of benzene rings is 2. The van der Waals surface area contributed by atoms with E-state index in [1.807, 2.05) is 0 Å². The second-order valence-corrected chi connectivity index (χ2v) is 6.44. The number of carbonyl (C=O) groups excluding carboxylic acids is 1. The summed E-state index contributed by atoms with van der Waals surface area (Å²) in [5.74, 6) is 0.757. The van der Waals surface area contributed by atoms with E-state index in [1.54, 1.807) is 48.5 Å². The standard InChI is InChI=1S/C22H16N2O7/c1-28-20-12-14(11-17-22(25)31-21(23-17)19-6-3-9-29-19)7-8-18(20)30-13-15-4-2-5-16(10-15)24(26)27/h2-12H,13H2,1H3/b17-11-. The lowest BCUT2D eigenvalue weighted by Crippen LogP contribution is -2.04. The molecule has 1 aromatic heterocycles. The van der Waals surface area contributed by atoms with Crippen LogP contribution in [0.25, 0.3) is 6.08 Å². The van der Waals surface area contributed by atoms with E-state index < -0.39 is 10.9 Å². The number of cyclic esters (lactones) is 1. The van der Waals surface area contributed by atoms with Gasteiger partial charge in [0.2, 0.25) is 0 Å². The molecular weight excluding hydrogens is 404 g/mol. The number of methoxy groups -OCH3 is 1. The van der Waals surface area contributed by atoms with Crippen molar-refractivity contribution in [1.82, 2.24) is 0 Å². The Morgan fingerprint density at radius 2 is 2.00 bits per heavy atom. The van der Waals surface area contributed by atoms with Crippen LogP contribution >= 0.6 is 0 Å². The number of hydrogen-bond donors (Lipinski definition) is 0. The maximum absolute atomic E-state index is 12.1. The third kappa shape index (κ3) is 4.45. The highest BCUT2D eigenvalue weighted by molar-refractivity contribution is 6.11. The van der Waals surface area contributed by atoms with Crippen LogP contribution in [0, 0.1) is 10.1 Å². The minimum absolute atomic E-state index is 0.00652. The van der Waals surface area contributed by atoms with Crippen molar-refractivity contribution in [1.29, 1.82) is 0 Å². The molecule has 4 rings (SSSR count). The summed E-state index contributed by atoms with van der Waals surface area (Å²) in [4.78, 5) is 26.7. The molecule has 0 N–H and O–H groups in total. The quantitative estimate of drug-likeness (QED) is 0.244. The molecule has 156 valence electrons. The van der Waals surface area contributed by atoms with Crippen LogP contribution in [0.2, 0.25) is 0 Å². The number of hydrogen-bond acceptors (Lipinski definition) is 8. The van der Waals surface area contributed by atoms with E-state index in [-0.39, 0.29) is 23.9 Å². The lowest BCUT2D eigenvalue weighted by atomic mass is 10.1. The van der Waals surface area contributed by atoms with Gasteiger partial charge in [0.25, 0.3) is 11.6 Å². The highest BCUT2D eigenvalue weighted by atomic mass is 16.6. The average Bonchev–Trinajstić information content (AvgIpc) is 3.43. The van der Waals surface area contributed by atoms with E-state index in [4.69, 9.17) is 18.6 Å². The van der Waals surface area contributed by atoms with Gasteiger partial charge in [0.1, 0.15) is 6.61 Å². The number of ether oxygens (including phenoxy) is 3. The number of nitro benzene ring substituents is 1. The molecule has 0 bridgehead atoms. The van der Waals surface area contributed by atoms with Crippen LogP contribution in [0.15, 0.2) is 76.0 Å². The van der Waals surface area contributed by atoms with E-state index in [0.29, 0.717) is 28.4 Å². The number of aliphatic imine (C=N–C) groups is 1. The van der Waals surface area contributed by atoms with Crippen LogP contribution in [-0.2, 0) is 16.1 Å². The maximum atomic E-state index is 12.1. The van der Waals surface area contributed by atoms with Gasteiger partial charge in [-0.15, -0.1) is 0 Å². The summed E-state index contributed by atoms with van der Waals surface area (Å²) in [7, 11) is 1.49. The first kappa shape index (κ1) is 19.9. The Bertz CT molecular complexity index is 1200. The summed E-state index contributed by atoms with van der Waals surface area (Å²) in [5.41, 5.74) is 1.42. The fourth-order valence-electron chi connectivity index (χ4n) is 2.89. The van der Waals surface area contributed by atoms with Crippen molar-refractivity contribution in [3.05, 3.63) is 93.6 Å². The summed E-state index contributed by atoms with van der Waals surface area (Å²) < 4.78 is 21.5. The van der Waals surface area contributed by atoms with Crippen LogP contribution in [0.3, 0.4) is 0 Å². The van der Waals surface area contributed by atoms with E-state index >= 15 is 0 Å². The minimum atomic E-state index is -0.587. The molecule has 0 saturated carbocycles. The molecule has 9 nitrogen and oxygen atoms in total. The number of rotatable bonds is 7. The Morgan fingerprint density at radius 3 is 2.74 bits per heavy atom. The van der Waals surface area contributed by atoms with Gasteiger partial charge in [-0.1, -0.05) is 18.2 Å². The molecule has 0 radical (unpaired) electrons. The van der Waals surface area contributed by atoms with E-state index in [1.165, 1.54) is 25.5 Å². The van der Waals surface area contributed by atoms with Gasteiger partial charge in [0.15, 0.2) is 23.0 Å². The molecule has 0 atom stereocenters. The van der Waals surface area contributed by atoms with Gasteiger partial charge in [-0.3, -0.25) is 10.1 Å².